The predicted octanol–water partition coefficient (Wildman–Crippen LogP) is 2.81. The Morgan fingerprint density at radius 1 is 1.14 bits per heavy atom. The maximum atomic E-state index is 11.6. The van der Waals surface area contributed by atoms with Crippen molar-refractivity contribution in [3.05, 3.63) is 0 Å². The van der Waals surface area contributed by atoms with Gasteiger partial charge >= 0.3 is 0 Å². The standard InChI is InChI=1S/C18H32N2O2/c1-15(21)19(2)17-8-13-22-18(14-17)9-11-20(12-10-18)16-6-4-3-5-7-16/h16-17H,3-14H2,1-2H3. The lowest BCUT2D eigenvalue weighted by Gasteiger charge is -2.49. The molecule has 3 fully saturated rings. The van der Waals surface area contributed by atoms with Gasteiger partial charge in [0.1, 0.15) is 0 Å². The molecule has 1 aliphatic carbocycles. The van der Waals surface area contributed by atoms with E-state index in [0.717, 1.165) is 38.3 Å². The van der Waals surface area contributed by atoms with E-state index in [9.17, 15) is 4.79 Å². The van der Waals surface area contributed by atoms with Crippen LogP contribution in [0.4, 0.5) is 0 Å². The molecule has 0 N–H and O–H groups in total. The Labute approximate surface area is 135 Å². The molecule has 4 heteroatoms. The molecule has 2 saturated heterocycles. The Hall–Kier alpha value is -0.610. The van der Waals surface area contributed by atoms with Crippen LogP contribution < -0.4 is 0 Å². The van der Waals surface area contributed by atoms with Gasteiger partial charge in [-0.1, -0.05) is 19.3 Å². The Kier molecular flexibility index (Phi) is 5.08. The van der Waals surface area contributed by atoms with Crippen molar-refractivity contribution in [3.63, 3.8) is 0 Å². The summed E-state index contributed by atoms with van der Waals surface area (Å²) in [6.07, 6.45) is 11.3. The third-order valence-electron chi connectivity index (χ3n) is 6.31. The van der Waals surface area contributed by atoms with Crippen LogP contribution >= 0.6 is 0 Å². The lowest BCUT2D eigenvalue weighted by Crippen LogP contribution is -2.55. The Morgan fingerprint density at radius 2 is 1.82 bits per heavy atom. The first-order valence-electron chi connectivity index (χ1n) is 9.21. The first kappa shape index (κ1) is 16.3. The van der Waals surface area contributed by atoms with Gasteiger partial charge in [0, 0.05) is 45.8 Å². The van der Waals surface area contributed by atoms with E-state index in [2.05, 4.69) is 4.90 Å². The Bertz CT molecular complexity index is 385. The van der Waals surface area contributed by atoms with Crippen molar-refractivity contribution in [1.82, 2.24) is 9.80 Å². The molecule has 0 aromatic heterocycles. The van der Waals surface area contributed by atoms with E-state index in [1.807, 2.05) is 11.9 Å². The predicted molar refractivity (Wildman–Crippen MR) is 87.8 cm³/mol. The number of piperidine rings is 1. The van der Waals surface area contributed by atoms with Crippen LogP contribution in [-0.4, -0.2) is 60.1 Å². The van der Waals surface area contributed by atoms with E-state index < -0.39 is 0 Å². The number of rotatable bonds is 2. The Morgan fingerprint density at radius 3 is 2.45 bits per heavy atom. The van der Waals surface area contributed by atoms with Gasteiger partial charge in [-0.15, -0.1) is 0 Å². The molecular weight excluding hydrogens is 276 g/mol. The molecule has 3 rings (SSSR count). The second kappa shape index (κ2) is 6.88. The summed E-state index contributed by atoms with van der Waals surface area (Å²) in [7, 11) is 1.95. The van der Waals surface area contributed by atoms with Crippen LogP contribution in [0.15, 0.2) is 0 Å². The quantitative estimate of drug-likeness (QED) is 0.786. The highest BCUT2D eigenvalue weighted by molar-refractivity contribution is 5.73. The van der Waals surface area contributed by atoms with Crippen molar-refractivity contribution < 1.29 is 9.53 Å². The molecule has 0 aromatic carbocycles. The van der Waals surface area contributed by atoms with Gasteiger partial charge in [-0.2, -0.15) is 0 Å². The number of nitrogens with zero attached hydrogens (tertiary/aromatic N) is 2. The van der Waals surface area contributed by atoms with Crippen LogP contribution in [0.5, 0.6) is 0 Å². The molecule has 1 spiro atoms. The van der Waals surface area contributed by atoms with Gasteiger partial charge in [-0.25, -0.2) is 0 Å². The zero-order valence-electron chi connectivity index (χ0n) is 14.4. The van der Waals surface area contributed by atoms with Crippen LogP contribution in [0.1, 0.15) is 64.7 Å². The second-order valence-electron chi connectivity index (χ2n) is 7.64. The van der Waals surface area contributed by atoms with E-state index in [-0.39, 0.29) is 11.5 Å². The molecule has 1 saturated carbocycles. The van der Waals surface area contributed by atoms with Gasteiger partial charge in [0.05, 0.1) is 5.60 Å². The van der Waals surface area contributed by atoms with Crippen molar-refractivity contribution in [3.8, 4) is 0 Å². The normalized spacial score (nSPS) is 30.4. The molecule has 2 heterocycles. The number of ether oxygens (including phenoxy) is 1. The number of carbonyl (C=O) groups excluding carboxylic acids is 1. The summed E-state index contributed by atoms with van der Waals surface area (Å²) in [6.45, 7) is 4.85. The molecular formula is C18H32N2O2. The van der Waals surface area contributed by atoms with Gasteiger partial charge in [-0.05, 0) is 38.5 Å². The average Bonchev–Trinajstić information content (AvgIpc) is 2.56. The van der Waals surface area contributed by atoms with Crippen LogP contribution in [-0.2, 0) is 9.53 Å². The highest BCUT2D eigenvalue weighted by Crippen LogP contribution is 2.38. The summed E-state index contributed by atoms with van der Waals surface area (Å²) in [5.41, 5.74) is 0.0395. The highest BCUT2D eigenvalue weighted by atomic mass is 16.5. The number of carbonyl (C=O) groups is 1. The van der Waals surface area contributed by atoms with E-state index in [1.165, 1.54) is 45.2 Å². The van der Waals surface area contributed by atoms with Gasteiger partial charge in [0.15, 0.2) is 0 Å². The summed E-state index contributed by atoms with van der Waals surface area (Å²) in [4.78, 5) is 16.3. The summed E-state index contributed by atoms with van der Waals surface area (Å²) < 4.78 is 6.24. The van der Waals surface area contributed by atoms with Crippen LogP contribution in [0, 0.1) is 0 Å². The van der Waals surface area contributed by atoms with Crippen molar-refractivity contribution >= 4 is 5.91 Å². The maximum Gasteiger partial charge on any atom is 0.219 e. The minimum atomic E-state index is 0.0395. The zero-order chi connectivity index (χ0) is 15.6. The van der Waals surface area contributed by atoms with Gasteiger partial charge in [0.25, 0.3) is 0 Å². The molecule has 22 heavy (non-hydrogen) atoms. The molecule has 4 nitrogen and oxygen atoms in total. The third-order valence-corrected chi connectivity index (χ3v) is 6.31. The fraction of sp³-hybridized carbons (Fsp3) is 0.944. The van der Waals surface area contributed by atoms with Crippen LogP contribution in [0.2, 0.25) is 0 Å². The van der Waals surface area contributed by atoms with Gasteiger partial charge < -0.3 is 14.5 Å². The minimum absolute atomic E-state index is 0.0395. The van der Waals surface area contributed by atoms with Crippen molar-refractivity contribution in [1.29, 1.82) is 0 Å². The van der Waals surface area contributed by atoms with Crippen molar-refractivity contribution in [2.75, 3.05) is 26.7 Å². The molecule has 1 atom stereocenters. The number of hydrogen-bond acceptors (Lipinski definition) is 3. The van der Waals surface area contributed by atoms with E-state index in [1.54, 1.807) is 6.92 Å². The molecule has 0 bridgehead atoms. The minimum Gasteiger partial charge on any atom is -0.375 e. The zero-order valence-corrected chi connectivity index (χ0v) is 14.4. The molecule has 1 unspecified atom stereocenters. The smallest absolute Gasteiger partial charge is 0.219 e. The molecule has 0 radical (unpaired) electrons. The van der Waals surface area contributed by atoms with Crippen LogP contribution in [0.25, 0.3) is 0 Å². The monoisotopic (exact) mass is 308 g/mol. The summed E-state index contributed by atoms with van der Waals surface area (Å²) in [6, 6.07) is 1.19. The summed E-state index contributed by atoms with van der Waals surface area (Å²) >= 11 is 0. The fourth-order valence-electron chi connectivity index (χ4n) is 4.68. The second-order valence-corrected chi connectivity index (χ2v) is 7.64. The average molecular weight is 308 g/mol. The Balaban J connectivity index is 1.55. The van der Waals surface area contributed by atoms with Crippen LogP contribution in [0.3, 0.4) is 0 Å². The highest BCUT2D eigenvalue weighted by Gasteiger charge is 2.42. The third kappa shape index (κ3) is 3.48. The maximum absolute atomic E-state index is 11.6. The topological polar surface area (TPSA) is 32.8 Å². The lowest BCUT2D eigenvalue weighted by atomic mass is 9.81. The van der Waals surface area contributed by atoms with Crippen molar-refractivity contribution in [2.24, 2.45) is 0 Å². The molecule has 1 amide bonds. The first-order chi connectivity index (χ1) is 10.6. The number of likely N-dealkylation sites (tertiary alicyclic amines) is 1. The number of hydrogen-bond donors (Lipinski definition) is 0. The molecule has 0 aromatic rings. The van der Waals surface area contributed by atoms with E-state index in [4.69, 9.17) is 4.74 Å². The molecule has 3 aliphatic rings. The molecule has 126 valence electrons. The number of amides is 1. The molecule has 2 aliphatic heterocycles. The van der Waals surface area contributed by atoms with E-state index in [0.29, 0.717) is 6.04 Å². The van der Waals surface area contributed by atoms with E-state index >= 15 is 0 Å². The first-order valence-corrected chi connectivity index (χ1v) is 9.21. The van der Waals surface area contributed by atoms with Gasteiger partial charge in [0.2, 0.25) is 5.91 Å². The van der Waals surface area contributed by atoms with Gasteiger partial charge in [-0.3, -0.25) is 4.79 Å². The summed E-state index contributed by atoms with van der Waals surface area (Å²) in [5.74, 6) is 0.182. The lowest BCUT2D eigenvalue weighted by molar-refractivity contribution is -0.148. The summed E-state index contributed by atoms with van der Waals surface area (Å²) in [5, 5.41) is 0. The fourth-order valence-corrected chi connectivity index (χ4v) is 4.68. The van der Waals surface area contributed by atoms with Crippen molar-refractivity contribution in [2.45, 2.75) is 82.4 Å². The SMILES string of the molecule is CC(=O)N(C)C1CCOC2(CCN(C3CCCCC3)CC2)C1. The largest absolute Gasteiger partial charge is 0.375 e.